The third-order valence-corrected chi connectivity index (χ3v) is 7.01. The summed E-state index contributed by atoms with van der Waals surface area (Å²) in [6, 6.07) is 16.6. The van der Waals surface area contributed by atoms with E-state index in [-0.39, 0.29) is 17.9 Å². The van der Waals surface area contributed by atoms with E-state index >= 15 is 0 Å². The summed E-state index contributed by atoms with van der Waals surface area (Å²) in [5, 5.41) is 10.00. The molecule has 8 heteroatoms. The molecule has 1 fully saturated rings. The second kappa shape index (κ2) is 11.4. The summed E-state index contributed by atoms with van der Waals surface area (Å²) < 4.78 is 47.8. The highest BCUT2D eigenvalue weighted by Crippen LogP contribution is 2.38. The van der Waals surface area contributed by atoms with E-state index in [1.807, 2.05) is 36.4 Å². The molecule has 194 valence electrons. The van der Waals surface area contributed by atoms with E-state index in [1.165, 1.54) is 19.3 Å². The number of ether oxygens (including phenoxy) is 1. The number of methoxy groups -OCH3 is 1. The highest BCUT2D eigenvalue weighted by molar-refractivity contribution is 6.35. The van der Waals surface area contributed by atoms with Crippen LogP contribution in [0.4, 0.5) is 13.2 Å². The number of benzene rings is 3. The SMILES string of the molecule is COc1cc(/C=C/c2cccc(-c3ccccc3)c2Cl)c(C(F)(F)F)cc1CN1CCCC[C@H]1C(=O)O. The summed E-state index contributed by atoms with van der Waals surface area (Å²) in [6.45, 7) is 0.553. The first-order valence-electron chi connectivity index (χ1n) is 12.0. The molecule has 0 saturated carbocycles. The van der Waals surface area contributed by atoms with Gasteiger partial charge in [-0.2, -0.15) is 13.2 Å². The minimum absolute atomic E-state index is 0.0537. The van der Waals surface area contributed by atoms with Crippen LogP contribution in [-0.4, -0.2) is 35.7 Å². The molecular formula is C29H27ClF3NO3. The number of halogens is 4. The number of hydrogen-bond donors (Lipinski definition) is 1. The van der Waals surface area contributed by atoms with Crippen molar-refractivity contribution in [3.8, 4) is 16.9 Å². The van der Waals surface area contributed by atoms with E-state index in [1.54, 1.807) is 23.1 Å². The summed E-state index contributed by atoms with van der Waals surface area (Å²) in [6.07, 6.45) is 0.353. The highest BCUT2D eigenvalue weighted by atomic mass is 35.5. The summed E-state index contributed by atoms with van der Waals surface area (Å²) in [5.41, 5.74) is 1.67. The van der Waals surface area contributed by atoms with E-state index in [4.69, 9.17) is 16.3 Å². The van der Waals surface area contributed by atoms with Crippen molar-refractivity contribution >= 4 is 29.7 Å². The lowest BCUT2D eigenvalue weighted by Gasteiger charge is -2.33. The molecular weight excluding hydrogens is 503 g/mol. The number of alkyl halides is 3. The maximum absolute atomic E-state index is 14.1. The van der Waals surface area contributed by atoms with Crippen molar-refractivity contribution in [1.82, 2.24) is 4.90 Å². The average Bonchev–Trinajstić information content (AvgIpc) is 2.88. The molecule has 3 aromatic carbocycles. The second-order valence-corrected chi connectivity index (χ2v) is 9.36. The molecule has 1 atom stereocenters. The number of carboxylic acids is 1. The topological polar surface area (TPSA) is 49.8 Å². The van der Waals surface area contributed by atoms with Gasteiger partial charge in [0.15, 0.2) is 0 Å². The summed E-state index contributed by atoms with van der Waals surface area (Å²) in [5.74, 6) is -0.699. The molecule has 1 saturated heterocycles. The van der Waals surface area contributed by atoms with Crippen molar-refractivity contribution < 1.29 is 27.8 Å². The van der Waals surface area contributed by atoms with Gasteiger partial charge >= 0.3 is 12.1 Å². The standard InChI is InChI=1S/C29H27ClF3NO3/c1-37-26-17-21(14-13-20-10-7-11-23(27(20)30)19-8-3-2-4-9-19)24(29(31,32)33)16-22(26)18-34-15-6-5-12-25(34)28(35)36/h2-4,7-11,13-14,16-17,25H,5-6,12,15,18H2,1H3,(H,35,36)/b14-13+/t25-/m0/s1. The molecule has 4 nitrogen and oxygen atoms in total. The van der Waals surface area contributed by atoms with Gasteiger partial charge in [-0.25, -0.2) is 0 Å². The Morgan fingerprint density at radius 1 is 1.08 bits per heavy atom. The molecule has 37 heavy (non-hydrogen) atoms. The van der Waals surface area contributed by atoms with Crippen LogP contribution in [0, 0.1) is 0 Å². The van der Waals surface area contributed by atoms with Gasteiger partial charge in [-0.15, -0.1) is 0 Å². The van der Waals surface area contributed by atoms with Gasteiger partial charge in [-0.3, -0.25) is 9.69 Å². The zero-order valence-corrected chi connectivity index (χ0v) is 21.0. The van der Waals surface area contributed by atoms with Gasteiger partial charge in [0.2, 0.25) is 0 Å². The second-order valence-electron chi connectivity index (χ2n) is 8.98. The molecule has 4 rings (SSSR count). The Balaban J connectivity index is 1.71. The lowest BCUT2D eigenvalue weighted by molar-refractivity contribution is -0.145. The molecule has 3 aromatic rings. The summed E-state index contributed by atoms with van der Waals surface area (Å²) in [7, 11) is 1.39. The number of rotatable bonds is 7. The fraction of sp³-hybridized carbons (Fsp3) is 0.276. The zero-order valence-electron chi connectivity index (χ0n) is 20.3. The van der Waals surface area contributed by atoms with Gasteiger partial charge in [-0.05, 0) is 48.2 Å². The lowest BCUT2D eigenvalue weighted by atomic mass is 9.97. The quantitative estimate of drug-likeness (QED) is 0.319. The summed E-state index contributed by atoms with van der Waals surface area (Å²) >= 11 is 6.62. The molecule has 0 unspecified atom stereocenters. The first-order chi connectivity index (χ1) is 17.7. The van der Waals surface area contributed by atoms with Crippen molar-refractivity contribution in [2.75, 3.05) is 13.7 Å². The molecule has 0 aliphatic carbocycles. The Labute approximate surface area is 218 Å². The molecule has 0 radical (unpaired) electrons. The number of likely N-dealkylation sites (tertiary alicyclic amines) is 1. The van der Waals surface area contributed by atoms with Crippen LogP contribution in [0.2, 0.25) is 5.02 Å². The van der Waals surface area contributed by atoms with E-state index in [0.717, 1.165) is 30.0 Å². The third kappa shape index (κ3) is 6.17. The number of piperidine rings is 1. The van der Waals surface area contributed by atoms with Crippen LogP contribution in [0.25, 0.3) is 23.3 Å². The number of carbonyl (C=O) groups is 1. The van der Waals surface area contributed by atoms with Crippen LogP contribution >= 0.6 is 11.6 Å². The number of nitrogens with zero attached hydrogens (tertiary/aromatic N) is 1. The first kappa shape index (κ1) is 26.8. The fourth-order valence-electron chi connectivity index (χ4n) is 4.71. The van der Waals surface area contributed by atoms with Crippen molar-refractivity contribution in [2.24, 2.45) is 0 Å². The highest BCUT2D eigenvalue weighted by Gasteiger charge is 2.35. The molecule has 0 amide bonds. The number of hydrogen-bond acceptors (Lipinski definition) is 3. The van der Waals surface area contributed by atoms with E-state index in [2.05, 4.69) is 0 Å². The van der Waals surface area contributed by atoms with Gasteiger partial charge in [0.1, 0.15) is 11.8 Å². The lowest BCUT2D eigenvalue weighted by Crippen LogP contribution is -2.44. The van der Waals surface area contributed by atoms with Crippen LogP contribution in [0.15, 0.2) is 60.7 Å². The van der Waals surface area contributed by atoms with Gasteiger partial charge in [0, 0.05) is 17.7 Å². The maximum Gasteiger partial charge on any atom is 0.417 e. The predicted molar refractivity (Wildman–Crippen MR) is 139 cm³/mol. The van der Waals surface area contributed by atoms with E-state index in [9.17, 15) is 23.1 Å². The molecule has 1 N–H and O–H groups in total. The molecule has 0 spiro atoms. The van der Waals surface area contributed by atoms with Crippen molar-refractivity contribution in [2.45, 2.75) is 38.0 Å². The minimum Gasteiger partial charge on any atom is -0.496 e. The Hall–Kier alpha value is -3.29. The van der Waals surface area contributed by atoms with Crippen LogP contribution in [0.5, 0.6) is 5.75 Å². The smallest absolute Gasteiger partial charge is 0.417 e. The fourth-order valence-corrected chi connectivity index (χ4v) is 5.01. The molecule has 1 heterocycles. The van der Waals surface area contributed by atoms with Gasteiger partial charge in [0.25, 0.3) is 0 Å². The van der Waals surface area contributed by atoms with Gasteiger partial charge < -0.3 is 9.84 Å². The summed E-state index contributed by atoms with van der Waals surface area (Å²) in [4.78, 5) is 13.4. The number of carboxylic acid groups (broad SMARTS) is 1. The largest absolute Gasteiger partial charge is 0.496 e. The van der Waals surface area contributed by atoms with Crippen LogP contribution in [-0.2, 0) is 17.5 Å². The van der Waals surface area contributed by atoms with Crippen molar-refractivity contribution in [3.05, 3.63) is 87.9 Å². The molecule has 1 aliphatic rings. The monoisotopic (exact) mass is 529 g/mol. The first-order valence-corrected chi connectivity index (χ1v) is 12.3. The predicted octanol–water partition coefficient (Wildman–Crippen LogP) is 7.64. The third-order valence-electron chi connectivity index (χ3n) is 6.59. The average molecular weight is 530 g/mol. The van der Waals surface area contributed by atoms with Crippen molar-refractivity contribution in [1.29, 1.82) is 0 Å². The Kier molecular flexibility index (Phi) is 8.25. The Morgan fingerprint density at radius 3 is 2.49 bits per heavy atom. The minimum atomic E-state index is -4.62. The molecule has 0 aromatic heterocycles. The van der Waals surface area contributed by atoms with Crippen LogP contribution in [0.3, 0.4) is 0 Å². The maximum atomic E-state index is 14.1. The zero-order chi connectivity index (χ0) is 26.6. The van der Waals surface area contributed by atoms with Gasteiger partial charge in [0.05, 0.1) is 17.7 Å². The van der Waals surface area contributed by atoms with Crippen molar-refractivity contribution in [3.63, 3.8) is 0 Å². The Bertz CT molecular complexity index is 1290. The van der Waals surface area contributed by atoms with Crippen LogP contribution < -0.4 is 4.74 Å². The normalized spacial score (nSPS) is 16.7. The van der Waals surface area contributed by atoms with Crippen LogP contribution in [0.1, 0.15) is 41.5 Å². The van der Waals surface area contributed by atoms with Gasteiger partial charge in [-0.1, -0.05) is 78.7 Å². The van der Waals surface area contributed by atoms with E-state index < -0.39 is 23.8 Å². The molecule has 0 bridgehead atoms. The van der Waals surface area contributed by atoms with E-state index in [0.29, 0.717) is 29.1 Å². The number of aliphatic carboxylic acids is 1. The Morgan fingerprint density at radius 2 is 1.81 bits per heavy atom. The molecule has 1 aliphatic heterocycles.